The second-order valence-electron chi connectivity index (χ2n) is 2.71. The minimum atomic E-state index is -0.485. The highest BCUT2D eigenvalue weighted by Crippen LogP contribution is 2.18. The first-order chi connectivity index (χ1) is 7.22. The van der Waals surface area contributed by atoms with Crippen LogP contribution in [0.4, 0.5) is 0 Å². The molecule has 0 aromatic carbocycles. The van der Waals surface area contributed by atoms with Crippen LogP contribution in [-0.4, -0.2) is 24.7 Å². The number of carbonyl (C=O) groups excluding carboxylic acids is 1. The van der Waals surface area contributed by atoms with Gasteiger partial charge in [-0.2, -0.15) is 0 Å². The van der Waals surface area contributed by atoms with Crippen LogP contribution < -0.4 is 4.74 Å². The molecule has 0 spiro atoms. The van der Waals surface area contributed by atoms with Gasteiger partial charge in [0.1, 0.15) is 0 Å². The third kappa shape index (κ3) is 2.92. The average Bonchev–Trinajstić information content (AvgIpc) is 2.29. The van der Waals surface area contributed by atoms with Crippen molar-refractivity contribution in [3.8, 4) is 5.75 Å². The highest BCUT2D eigenvalue weighted by atomic mass is 79.9. The van der Waals surface area contributed by atoms with Gasteiger partial charge in [-0.3, -0.25) is 0 Å². The molecule has 15 heavy (non-hydrogen) atoms. The Balaban J connectivity index is 3.10. The second kappa shape index (κ2) is 5.70. The Hall–Kier alpha value is -1.10. The fraction of sp³-hybridized carbons (Fsp3) is 0.400. The van der Waals surface area contributed by atoms with Crippen molar-refractivity contribution in [3.63, 3.8) is 0 Å². The van der Waals surface area contributed by atoms with E-state index < -0.39 is 5.97 Å². The van der Waals surface area contributed by atoms with Crippen LogP contribution in [0.25, 0.3) is 0 Å². The molecule has 1 aromatic rings. The lowest BCUT2D eigenvalue weighted by Gasteiger charge is -2.08. The molecule has 0 aliphatic rings. The van der Waals surface area contributed by atoms with Crippen LogP contribution in [0.1, 0.15) is 23.1 Å². The van der Waals surface area contributed by atoms with Gasteiger partial charge in [0.25, 0.3) is 0 Å². The first kappa shape index (κ1) is 12.0. The Morgan fingerprint density at radius 1 is 1.53 bits per heavy atom. The molecular weight excluding hydrogens is 262 g/mol. The van der Waals surface area contributed by atoms with Crippen LogP contribution in [-0.2, 0) is 10.1 Å². The number of nitrogens with zero attached hydrogens (tertiary/aromatic N) is 1. The Labute approximate surface area is 96.7 Å². The number of hydrogen-bond donors (Lipinski definition) is 0. The number of esters is 1. The van der Waals surface area contributed by atoms with Crippen LogP contribution in [0.3, 0.4) is 0 Å². The SMILES string of the molecule is CCOc1ccc(CBr)nc1C(=O)OC. The van der Waals surface area contributed by atoms with E-state index >= 15 is 0 Å². The topological polar surface area (TPSA) is 48.4 Å². The molecule has 0 saturated heterocycles. The number of carbonyl (C=O) groups is 1. The first-order valence-electron chi connectivity index (χ1n) is 4.50. The van der Waals surface area contributed by atoms with Crippen molar-refractivity contribution in [2.24, 2.45) is 0 Å². The van der Waals surface area contributed by atoms with Crippen molar-refractivity contribution in [1.82, 2.24) is 4.98 Å². The average molecular weight is 274 g/mol. The predicted molar refractivity (Wildman–Crippen MR) is 59.4 cm³/mol. The summed E-state index contributed by atoms with van der Waals surface area (Å²) in [4.78, 5) is 15.5. The van der Waals surface area contributed by atoms with Crippen molar-refractivity contribution in [3.05, 3.63) is 23.5 Å². The smallest absolute Gasteiger partial charge is 0.360 e. The number of pyridine rings is 1. The molecule has 0 aliphatic carbocycles. The molecule has 0 unspecified atom stereocenters. The van der Waals surface area contributed by atoms with Gasteiger partial charge in [-0.05, 0) is 19.1 Å². The number of aromatic nitrogens is 1. The van der Waals surface area contributed by atoms with Gasteiger partial charge in [0.05, 0.1) is 19.4 Å². The molecular formula is C10H12BrNO3. The van der Waals surface area contributed by atoms with E-state index in [0.717, 1.165) is 5.69 Å². The van der Waals surface area contributed by atoms with Crippen molar-refractivity contribution in [1.29, 1.82) is 0 Å². The maximum absolute atomic E-state index is 11.4. The van der Waals surface area contributed by atoms with E-state index in [4.69, 9.17) is 4.74 Å². The molecule has 0 fully saturated rings. The zero-order chi connectivity index (χ0) is 11.3. The number of ether oxygens (including phenoxy) is 2. The van der Waals surface area contributed by atoms with E-state index in [1.54, 1.807) is 12.1 Å². The van der Waals surface area contributed by atoms with E-state index in [-0.39, 0.29) is 5.69 Å². The lowest BCUT2D eigenvalue weighted by Crippen LogP contribution is -2.09. The Bertz CT molecular complexity index is 355. The monoisotopic (exact) mass is 273 g/mol. The summed E-state index contributed by atoms with van der Waals surface area (Å²) in [6.07, 6.45) is 0. The minimum absolute atomic E-state index is 0.219. The van der Waals surface area contributed by atoms with E-state index in [1.165, 1.54) is 7.11 Å². The molecule has 0 atom stereocenters. The van der Waals surface area contributed by atoms with E-state index in [9.17, 15) is 4.79 Å². The van der Waals surface area contributed by atoms with Gasteiger partial charge in [-0.25, -0.2) is 9.78 Å². The number of hydrogen-bond acceptors (Lipinski definition) is 4. The largest absolute Gasteiger partial charge is 0.491 e. The molecule has 0 aliphatic heterocycles. The van der Waals surface area contributed by atoms with Gasteiger partial charge < -0.3 is 9.47 Å². The summed E-state index contributed by atoms with van der Waals surface area (Å²) in [5, 5.41) is 0.587. The molecule has 1 heterocycles. The Kier molecular flexibility index (Phi) is 4.55. The molecule has 0 saturated carbocycles. The number of methoxy groups -OCH3 is 1. The fourth-order valence-electron chi connectivity index (χ4n) is 1.08. The lowest BCUT2D eigenvalue weighted by atomic mass is 10.3. The van der Waals surface area contributed by atoms with Crippen LogP contribution in [0, 0.1) is 0 Å². The van der Waals surface area contributed by atoms with Crippen LogP contribution >= 0.6 is 15.9 Å². The Morgan fingerprint density at radius 2 is 2.27 bits per heavy atom. The van der Waals surface area contributed by atoms with Gasteiger partial charge >= 0.3 is 5.97 Å². The van der Waals surface area contributed by atoms with Gasteiger partial charge in [0.2, 0.25) is 0 Å². The van der Waals surface area contributed by atoms with Crippen molar-refractivity contribution < 1.29 is 14.3 Å². The van der Waals surface area contributed by atoms with E-state index in [0.29, 0.717) is 17.7 Å². The van der Waals surface area contributed by atoms with Gasteiger partial charge in [0, 0.05) is 5.33 Å². The fourth-order valence-corrected chi connectivity index (χ4v) is 1.39. The summed E-state index contributed by atoms with van der Waals surface area (Å²) in [7, 11) is 1.32. The molecule has 4 nitrogen and oxygen atoms in total. The Morgan fingerprint density at radius 3 is 2.80 bits per heavy atom. The van der Waals surface area contributed by atoms with Gasteiger partial charge in [-0.1, -0.05) is 15.9 Å². The molecule has 5 heteroatoms. The van der Waals surface area contributed by atoms with Crippen LogP contribution in [0.2, 0.25) is 0 Å². The normalized spacial score (nSPS) is 9.80. The molecule has 1 rings (SSSR count). The van der Waals surface area contributed by atoms with Gasteiger partial charge in [0.15, 0.2) is 11.4 Å². The highest BCUT2D eigenvalue weighted by molar-refractivity contribution is 9.08. The summed E-state index contributed by atoms with van der Waals surface area (Å²) in [6, 6.07) is 3.52. The van der Waals surface area contributed by atoms with Crippen molar-refractivity contribution in [2.75, 3.05) is 13.7 Å². The summed E-state index contributed by atoms with van der Waals surface area (Å²) < 4.78 is 9.91. The third-order valence-electron chi connectivity index (χ3n) is 1.73. The van der Waals surface area contributed by atoms with E-state index in [2.05, 4.69) is 25.7 Å². The quantitative estimate of drug-likeness (QED) is 0.623. The number of rotatable bonds is 4. The molecule has 0 amide bonds. The maximum atomic E-state index is 11.4. The van der Waals surface area contributed by atoms with Crippen molar-refractivity contribution >= 4 is 21.9 Å². The second-order valence-corrected chi connectivity index (χ2v) is 3.27. The molecule has 0 N–H and O–H groups in total. The zero-order valence-electron chi connectivity index (χ0n) is 8.62. The lowest BCUT2D eigenvalue weighted by molar-refractivity contribution is 0.0589. The predicted octanol–water partition coefficient (Wildman–Crippen LogP) is 2.16. The molecule has 82 valence electrons. The molecule has 0 radical (unpaired) electrons. The standard InChI is InChI=1S/C10H12BrNO3/c1-3-15-8-5-4-7(6-11)12-9(8)10(13)14-2/h4-5H,3,6H2,1-2H3. The maximum Gasteiger partial charge on any atom is 0.360 e. The minimum Gasteiger partial charge on any atom is -0.491 e. The number of alkyl halides is 1. The number of halogens is 1. The molecule has 0 bridgehead atoms. The summed E-state index contributed by atoms with van der Waals surface area (Å²) in [5.74, 6) is -0.0321. The van der Waals surface area contributed by atoms with Crippen LogP contribution in [0.15, 0.2) is 12.1 Å². The third-order valence-corrected chi connectivity index (χ3v) is 2.31. The van der Waals surface area contributed by atoms with E-state index in [1.807, 2.05) is 6.92 Å². The molecule has 1 aromatic heterocycles. The highest BCUT2D eigenvalue weighted by Gasteiger charge is 2.15. The first-order valence-corrected chi connectivity index (χ1v) is 5.62. The summed E-state index contributed by atoms with van der Waals surface area (Å²) in [6.45, 7) is 2.33. The summed E-state index contributed by atoms with van der Waals surface area (Å²) in [5.41, 5.74) is 0.982. The van der Waals surface area contributed by atoms with Crippen molar-refractivity contribution in [2.45, 2.75) is 12.3 Å². The van der Waals surface area contributed by atoms with Crippen LogP contribution in [0.5, 0.6) is 5.75 Å². The van der Waals surface area contributed by atoms with Gasteiger partial charge in [-0.15, -0.1) is 0 Å². The summed E-state index contributed by atoms with van der Waals surface area (Å²) >= 11 is 3.27. The zero-order valence-corrected chi connectivity index (χ0v) is 10.2.